The zero-order valence-electron chi connectivity index (χ0n) is 15.2. The van der Waals surface area contributed by atoms with Crippen molar-refractivity contribution in [2.75, 3.05) is 13.1 Å². The molecule has 1 atom stereocenters. The molecule has 23 heavy (non-hydrogen) atoms. The number of amides is 1. The van der Waals surface area contributed by atoms with Gasteiger partial charge in [-0.1, -0.05) is 57.0 Å². The maximum atomic E-state index is 11.7. The maximum absolute atomic E-state index is 11.7. The highest BCUT2D eigenvalue weighted by atomic mass is 16.6. The molecule has 0 aliphatic rings. The van der Waals surface area contributed by atoms with E-state index in [2.05, 4.69) is 48.7 Å². The van der Waals surface area contributed by atoms with Gasteiger partial charge in [0.05, 0.1) is 0 Å². The van der Waals surface area contributed by atoms with Crippen LogP contribution in [0.4, 0.5) is 4.79 Å². The Kier molecular flexibility index (Phi) is 8.10. The summed E-state index contributed by atoms with van der Waals surface area (Å²) in [5.74, 6) is 0.582. The highest BCUT2D eigenvalue weighted by Gasteiger charge is 2.20. The van der Waals surface area contributed by atoms with E-state index in [9.17, 15) is 4.79 Å². The van der Waals surface area contributed by atoms with Gasteiger partial charge in [0.25, 0.3) is 0 Å². The second-order valence-corrected chi connectivity index (χ2v) is 6.85. The predicted octanol–water partition coefficient (Wildman–Crippen LogP) is 4.28. The maximum Gasteiger partial charge on any atom is 0.407 e. The van der Waals surface area contributed by atoms with Crippen LogP contribution in [0.2, 0.25) is 0 Å². The molecule has 1 aromatic rings. The van der Waals surface area contributed by atoms with Gasteiger partial charge in [0, 0.05) is 19.1 Å². The molecule has 1 amide bonds. The molecule has 2 N–H and O–H groups in total. The molecule has 1 rings (SSSR count). The lowest BCUT2D eigenvalue weighted by molar-refractivity contribution is 0.0527. The Bertz CT molecular complexity index is 450. The number of hydrogen-bond acceptors (Lipinski definition) is 3. The zero-order valence-corrected chi connectivity index (χ0v) is 15.2. The first kappa shape index (κ1) is 19.5. The minimum Gasteiger partial charge on any atom is -0.444 e. The van der Waals surface area contributed by atoms with Crippen LogP contribution in [0, 0.1) is 5.92 Å². The average Bonchev–Trinajstić information content (AvgIpc) is 2.49. The van der Waals surface area contributed by atoms with Gasteiger partial charge in [-0.2, -0.15) is 0 Å². The molecule has 0 heterocycles. The topological polar surface area (TPSA) is 50.4 Å². The van der Waals surface area contributed by atoms with Crippen molar-refractivity contribution in [3.63, 3.8) is 0 Å². The van der Waals surface area contributed by atoms with Gasteiger partial charge in [-0.25, -0.2) is 4.79 Å². The van der Waals surface area contributed by atoms with Crippen molar-refractivity contribution >= 4 is 6.09 Å². The Balaban J connectivity index is 2.51. The molecule has 0 spiro atoms. The average molecular weight is 320 g/mol. The minimum atomic E-state index is -0.459. The van der Waals surface area contributed by atoms with Gasteiger partial charge in [0.1, 0.15) is 5.60 Å². The zero-order chi connectivity index (χ0) is 17.3. The highest BCUT2D eigenvalue weighted by Crippen LogP contribution is 2.26. The molecule has 0 aliphatic carbocycles. The van der Waals surface area contributed by atoms with Crippen LogP contribution < -0.4 is 10.6 Å². The molecule has 1 unspecified atom stereocenters. The van der Waals surface area contributed by atoms with E-state index >= 15 is 0 Å². The largest absolute Gasteiger partial charge is 0.444 e. The highest BCUT2D eigenvalue weighted by molar-refractivity contribution is 5.67. The van der Waals surface area contributed by atoms with Crippen LogP contribution in [-0.4, -0.2) is 24.8 Å². The first-order valence-electron chi connectivity index (χ1n) is 8.62. The quantitative estimate of drug-likeness (QED) is 0.703. The van der Waals surface area contributed by atoms with Gasteiger partial charge in [-0.3, -0.25) is 0 Å². The van der Waals surface area contributed by atoms with E-state index in [4.69, 9.17) is 4.74 Å². The molecular weight excluding hydrogens is 288 g/mol. The summed E-state index contributed by atoms with van der Waals surface area (Å²) in [6.07, 6.45) is 1.89. The Morgan fingerprint density at radius 2 is 1.70 bits per heavy atom. The van der Waals surface area contributed by atoms with E-state index in [1.54, 1.807) is 0 Å². The predicted molar refractivity (Wildman–Crippen MR) is 95.5 cm³/mol. The summed E-state index contributed by atoms with van der Waals surface area (Å²) < 4.78 is 5.24. The Labute approximate surface area is 141 Å². The molecule has 0 bridgehead atoms. The molecule has 0 saturated carbocycles. The van der Waals surface area contributed by atoms with Crippen LogP contribution in [0.1, 0.15) is 59.1 Å². The SMILES string of the molecule is CCC(CC)C(NCCNC(=O)OC(C)(C)C)c1ccccc1. The summed E-state index contributed by atoms with van der Waals surface area (Å²) in [7, 11) is 0. The summed E-state index contributed by atoms with van der Waals surface area (Å²) in [5.41, 5.74) is 0.845. The molecule has 0 radical (unpaired) electrons. The monoisotopic (exact) mass is 320 g/mol. The number of rotatable bonds is 8. The van der Waals surface area contributed by atoms with Crippen LogP contribution in [-0.2, 0) is 4.74 Å². The molecule has 0 aromatic heterocycles. The van der Waals surface area contributed by atoms with Crippen molar-refractivity contribution in [3.8, 4) is 0 Å². The fourth-order valence-electron chi connectivity index (χ4n) is 2.68. The third-order valence-corrected chi connectivity index (χ3v) is 3.84. The second kappa shape index (κ2) is 9.56. The molecule has 0 fully saturated rings. The minimum absolute atomic E-state index is 0.312. The summed E-state index contributed by atoms with van der Waals surface area (Å²) in [6.45, 7) is 11.3. The third-order valence-electron chi connectivity index (χ3n) is 3.84. The Morgan fingerprint density at radius 3 is 2.22 bits per heavy atom. The fraction of sp³-hybridized carbons (Fsp3) is 0.632. The standard InChI is InChI=1S/C19H32N2O2/c1-6-15(7-2)17(16-11-9-8-10-12-16)20-13-14-21-18(22)23-19(3,4)5/h8-12,15,17,20H,6-7,13-14H2,1-5H3,(H,21,22). The van der Waals surface area contributed by atoms with Crippen molar-refractivity contribution in [2.24, 2.45) is 5.92 Å². The van der Waals surface area contributed by atoms with Crippen LogP contribution in [0.25, 0.3) is 0 Å². The van der Waals surface area contributed by atoms with Gasteiger partial charge in [0.2, 0.25) is 0 Å². The van der Waals surface area contributed by atoms with E-state index in [-0.39, 0.29) is 6.09 Å². The van der Waals surface area contributed by atoms with Gasteiger partial charge in [0.15, 0.2) is 0 Å². The van der Waals surface area contributed by atoms with E-state index < -0.39 is 5.60 Å². The van der Waals surface area contributed by atoms with Crippen molar-refractivity contribution in [2.45, 2.75) is 59.1 Å². The van der Waals surface area contributed by atoms with E-state index in [1.807, 2.05) is 26.8 Å². The molecule has 0 aliphatic heterocycles. The number of benzene rings is 1. The normalized spacial score (nSPS) is 13.0. The molecular formula is C19H32N2O2. The number of alkyl carbamates (subject to hydrolysis) is 1. The molecule has 0 saturated heterocycles. The summed E-state index contributed by atoms with van der Waals surface area (Å²) in [4.78, 5) is 11.7. The Morgan fingerprint density at radius 1 is 1.09 bits per heavy atom. The number of hydrogen-bond donors (Lipinski definition) is 2. The van der Waals surface area contributed by atoms with Crippen molar-refractivity contribution in [1.29, 1.82) is 0 Å². The van der Waals surface area contributed by atoms with Crippen molar-refractivity contribution < 1.29 is 9.53 Å². The van der Waals surface area contributed by atoms with Gasteiger partial charge in [-0.15, -0.1) is 0 Å². The number of carbonyl (C=O) groups is 1. The summed E-state index contributed by atoms with van der Waals surface area (Å²) in [5, 5.41) is 6.38. The van der Waals surface area contributed by atoms with Crippen molar-refractivity contribution in [3.05, 3.63) is 35.9 Å². The van der Waals surface area contributed by atoms with Crippen LogP contribution in [0.3, 0.4) is 0 Å². The van der Waals surface area contributed by atoms with Gasteiger partial charge < -0.3 is 15.4 Å². The first-order valence-corrected chi connectivity index (χ1v) is 8.62. The van der Waals surface area contributed by atoms with Gasteiger partial charge in [-0.05, 0) is 32.3 Å². The van der Waals surface area contributed by atoms with Gasteiger partial charge >= 0.3 is 6.09 Å². The molecule has 1 aromatic carbocycles. The van der Waals surface area contributed by atoms with E-state index in [0.29, 0.717) is 18.5 Å². The van der Waals surface area contributed by atoms with Crippen LogP contribution >= 0.6 is 0 Å². The lowest BCUT2D eigenvalue weighted by Gasteiger charge is -2.27. The lowest BCUT2D eigenvalue weighted by Crippen LogP contribution is -2.38. The molecule has 4 heteroatoms. The fourth-order valence-corrected chi connectivity index (χ4v) is 2.68. The van der Waals surface area contributed by atoms with E-state index in [1.165, 1.54) is 5.56 Å². The van der Waals surface area contributed by atoms with Crippen molar-refractivity contribution in [1.82, 2.24) is 10.6 Å². The Hall–Kier alpha value is -1.55. The lowest BCUT2D eigenvalue weighted by atomic mass is 9.89. The smallest absolute Gasteiger partial charge is 0.407 e. The second-order valence-electron chi connectivity index (χ2n) is 6.85. The first-order chi connectivity index (χ1) is 10.9. The summed E-state index contributed by atoms with van der Waals surface area (Å²) >= 11 is 0. The van der Waals surface area contributed by atoms with Crippen LogP contribution in [0.5, 0.6) is 0 Å². The number of nitrogens with one attached hydrogen (secondary N) is 2. The summed E-state index contributed by atoms with van der Waals surface area (Å²) in [6, 6.07) is 10.8. The van der Waals surface area contributed by atoms with E-state index in [0.717, 1.165) is 19.4 Å². The third kappa shape index (κ3) is 7.51. The number of ether oxygens (including phenoxy) is 1. The van der Waals surface area contributed by atoms with Crippen LogP contribution in [0.15, 0.2) is 30.3 Å². The number of carbonyl (C=O) groups excluding carboxylic acids is 1. The molecule has 4 nitrogen and oxygen atoms in total. The molecule has 130 valence electrons.